The number of hydrogen-bond donors (Lipinski definition) is 2. The lowest BCUT2D eigenvalue weighted by molar-refractivity contribution is -0.118. The number of aromatic nitrogens is 3. The van der Waals surface area contributed by atoms with Gasteiger partial charge in [-0.1, -0.05) is 26.0 Å². The molecule has 2 rings (SSSR count). The number of amides is 1. The van der Waals surface area contributed by atoms with Crippen LogP contribution in [0.2, 0.25) is 0 Å². The fourth-order valence-electron chi connectivity index (χ4n) is 1.83. The van der Waals surface area contributed by atoms with E-state index in [-0.39, 0.29) is 11.8 Å². The summed E-state index contributed by atoms with van der Waals surface area (Å²) in [5, 5.41) is 10.8. The molecule has 0 saturated heterocycles. The monoisotopic (exact) mass is 273 g/mol. The molecule has 1 amide bonds. The van der Waals surface area contributed by atoms with Crippen molar-refractivity contribution in [3.05, 3.63) is 30.6 Å². The molecular formula is C14H19N5O. The van der Waals surface area contributed by atoms with Crippen LogP contribution in [0.3, 0.4) is 0 Å². The Labute approximate surface area is 118 Å². The van der Waals surface area contributed by atoms with Gasteiger partial charge in [-0.15, -0.1) is 10.2 Å². The first-order chi connectivity index (χ1) is 9.50. The SMILES string of the molecule is CC(C)[C@@H](N)C(=O)Nc1ccccc1-c1nncn1C. The maximum absolute atomic E-state index is 12.1. The molecule has 106 valence electrons. The highest BCUT2D eigenvalue weighted by atomic mass is 16.2. The summed E-state index contributed by atoms with van der Waals surface area (Å²) in [6, 6.07) is 6.93. The molecule has 6 nitrogen and oxygen atoms in total. The lowest BCUT2D eigenvalue weighted by Gasteiger charge is -2.17. The molecule has 20 heavy (non-hydrogen) atoms. The Bertz CT molecular complexity index is 605. The van der Waals surface area contributed by atoms with Gasteiger partial charge in [0.1, 0.15) is 6.33 Å². The van der Waals surface area contributed by atoms with Crippen LogP contribution >= 0.6 is 0 Å². The summed E-state index contributed by atoms with van der Waals surface area (Å²) in [5.41, 5.74) is 7.36. The third-order valence-corrected chi connectivity index (χ3v) is 3.16. The van der Waals surface area contributed by atoms with E-state index in [0.717, 1.165) is 5.56 Å². The summed E-state index contributed by atoms with van der Waals surface area (Å²) in [6.45, 7) is 3.83. The second kappa shape index (κ2) is 5.83. The van der Waals surface area contributed by atoms with Gasteiger partial charge in [0.15, 0.2) is 5.82 Å². The zero-order chi connectivity index (χ0) is 14.7. The summed E-state index contributed by atoms with van der Waals surface area (Å²) in [7, 11) is 1.85. The third kappa shape index (κ3) is 2.85. The topological polar surface area (TPSA) is 85.8 Å². The van der Waals surface area contributed by atoms with E-state index in [1.165, 1.54) is 0 Å². The molecule has 0 saturated carbocycles. The van der Waals surface area contributed by atoms with Gasteiger partial charge < -0.3 is 15.6 Å². The minimum atomic E-state index is -0.539. The lowest BCUT2D eigenvalue weighted by atomic mass is 10.0. The Morgan fingerprint density at radius 1 is 1.35 bits per heavy atom. The Morgan fingerprint density at radius 2 is 2.05 bits per heavy atom. The number of benzene rings is 1. The van der Waals surface area contributed by atoms with E-state index in [9.17, 15) is 4.79 Å². The summed E-state index contributed by atoms with van der Waals surface area (Å²) in [5.74, 6) is 0.575. The number of hydrogen-bond acceptors (Lipinski definition) is 4. The van der Waals surface area contributed by atoms with Crippen LogP contribution in [-0.4, -0.2) is 26.7 Å². The molecule has 6 heteroatoms. The Balaban J connectivity index is 2.30. The number of rotatable bonds is 4. The Morgan fingerprint density at radius 3 is 2.65 bits per heavy atom. The molecular weight excluding hydrogens is 254 g/mol. The van der Waals surface area contributed by atoms with Crippen molar-refractivity contribution in [1.82, 2.24) is 14.8 Å². The zero-order valence-corrected chi connectivity index (χ0v) is 11.9. The van der Waals surface area contributed by atoms with Gasteiger partial charge in [0, 0.05) is 12.6 Å². The zero-order valence-electron chi connectivity index (χ0n) is 11.9. The van der Waals surface area contributed by atoms with Crippen molar-refractivity contribution in [1.29, 1.82) is 0 Å². The molecule has 3 N–H and O–H groups in total. The molecule has 0 aliphatic rings. The summed E-state index contributed by atoms with van der Waals surface area (Å²) >= 11 is 0. The van der Waals surface area contributed by atoms with Crippen molar-refractivity contribution in [2.75, 3.05) is 5.32 Å². The number of anilines is 1. The van der Waals surface area contributed by atoms with Crippen molar-refractivity contribution < 1.29 is 4.79 Å². The standard InChI is InChI=1S/C14H19N5O/c1-9(2)12(15)14(20)17-11-7-5-4-6-10(11)13-18-16-8-19(13)3/h4-9,12H,15H2,1-3H3,(H,17,20)/t12-/m1/s1. The normalized spacial score (nSPS) is 12.4. The molecule has 0 bridgehead atoms. The molecule has 0 fully saturated rings. The lowest BCUT2D eigenvalue weighted by Crippen LogP contribution is -2.39. The van der Waals surface area contributed by atoms with E-state index < -0.39 is 6.04 Å². The third-order valence-electron chi connectivity index (χ3n) is 3.16. The van der Waals surface area contributed by atoms with Crippen LogP contribution in [0.1, 0.15) is 13.8 Å². The van der Waals surface area contributed by atoms with Gasteiger partial charge in [0.05, 0.1) is 11.7 Å². The second-order valence-electron chi connectivity index (χ2n) is 5.07. The maximum atomic E-state index is 12.1. The number of carbonyl (C=O) groups excluding carboxylic acids is 1. The fraction of sp³-hybridized carbons (Fsp3) is 0.357. The van der Waals surface area contributed by atoms with Crippen LogP contribution in [0.4, 0.5) is 5.69 Å². The predicted octanol–water partition coefficient (Wildman–Crippen LogP) is 1.40. The second-order valence-corrected chi connectivity index (χ2v) is 5.07. The predicted molar refractivity (Wildman–Crippen MR) is 77.9 cm³/mol. The van der Waals surface area contributed by atoms with Gasteiger partial charge in [-0.2, -0.15) is 0 Å². The highest BCUT2D eigenvalue weighted by molar-refractivity contribution is 5.97. The first-order valence-corrected chi connectivity index (χ1v) is 6.50. The minimum Gasteiger partial charge on any atom is -0.324 e. The van der Waals surface area contributed by atoms with Gasteiger partial charge in [0.25, 0.3) is 0 Å². The fourth-order valence-corrected chi connectivity index (χ4v) is 1.83. The number of aryl methyl sites for hydroxylation is 1. The highest BCUT2D eigenvalue weighted by Crippen LogP contribution is 2.25. The number of carbonyl (C=O) groups is 1. The molecule has 1 aromatic carbocycles. The van der Waals surface area contributed by atoms with Gasteiger partial charge in [-0.25, -0.2) is 0 Å². The van der Waals surface area contributed by atoms with Gasteiger partial charge in [0.2, 0.25) is 5.91 Å². The summed E-state index contributed by atoms with van der Waals surface area (Å²) < 4.78 is 1.80. The van der Waals surface area contributed by atoms with Crippen molar-refractivity contribution in [2.45, 2.75) is 19.9 Å². The molecule has 0 aliphatic carbocycles. The van der Waals surface area contributed by atoms with E-state index in [2.05, 4.69) is 15.5 Å². The first-order valence-electron chi connectivity index (χ1n) is 6.50. The molecule has 1 heterocycles. The molecule has 0 unspecified atom stereocenters. The minimum absolute atomic E-state index is 0.0805. The average molecular weight is 273 g/mol. The quantitative estimate of drug-likeness (QED) is 0.881. The van der Waals surface area contributed by atoms with Crippen LogP contribution in [0.5, 0.6) is 0 Å². The van der Waals surface area contributed by atoms with Crippen molar-refractivity contribution >= 4 is 11.6 Å². The van der Waals surface area contributed by atoms with Crippen LogP contribution < -0.4 is 11.1 Å². The highest BCUT2D eigenvalue weighted by Gasteiger charge is 2.19. The Hall–Kier alpha value is -2.21. The number of para-hydroxylation sites is 1. The molecule has 0 radical (unpaired) electrons. The van der Waals surface area contributed by atoms with Crippen LogP contribution in [0.15, 0.2) is 30.6 Å². The summed E-state index contributed by atoms with van der Waals surface area (Å²) in [6.07, 6.45) is 1.62. The van der Waals surface area contributed by atoms with E-state index in [0.29, 0.717) is 11.5 Å². The molecule has 2 aromatic rings. The molecule has 0 spiro atoms. The van der Waals surface area contributed by atoms with Crippen molar-refractivity contribution in [3.63, 3.8) is 0 Å². The number of nitrogens with zero attached hydrogens (tertiary/aromatic N) is 3. The van der Waals surface area contributed by atoms with Gasteiger partial charge in [-0.05, 0) is 18.1 Å². The van der Waals surface area contributed by atoms with Crippen molar-refractivity contribution in [2.24, 2.45) is 18.7 Å². The molecule has 1 atom stereocenters. The Kier molecular flexibility index (Phi) is 4.14. The number of nitrogens with two attached hydrogens (primary N) is 1. The number of nitrogens with one attached hydrogen (secondary N) is 1. The smallest absolute Gasteiger partial charge is 0.241 e. The summed E-state index contributed by atoms with van der Waals surface area (Å²) in [4.78, 5) is 12.1. The maximum Gasteiger partial charge on any atom is 0.241 e. The van der Waals surface area contributed by atoms with E-state index >= 15 is 0 Å². The van der Waals surface area contributed by atoms with E-state index in [4.69, 9.17) is 5.73 Å². The average Bonchev–Trinajstić information content (AvgIpc) is 2.84. The van der Waals surface area contributed by atoms with Gasteiger partial charge >= 0.3 is 0 Å². The van der Waals surface area contributed by atoms with E-state index in [1.807, 2.05) is 45.2 Å². The van der Waals surface area contributed by atoms with Crippen LogP contribution in [0, 0.1) is 5.92 Å². The first kappa shape index (κ1) is 14.2. The van der Waals surface area contributed by atoms with Gasteiger partial charge in [-0.3, -0.25) is 4.79 Å². The van der Waals surface area contributed by atoms with Crippen LogP contribution in [-0.2, 0) is 11.8 Å². The van der Waals surface area contributed by atoms with Crippen LogP contribution in [0.25, 0.3) is 11.4 Å². The molecule has 1 aromatic heterocycles. The van der Waals surface area contributed by atoms with E-state index in [1.54, 1.807) is 10.9 Å². The molecule has 0 aliphatic heterocycles. The van der Waals surface area contributed by atoms with Crippen molar-refractivity contribution in [3.8, 4) is 11.4 Å². The largest absolute Gasteiger partial charge is 0.324 e.